The number of benzene rings is 1. The van der Waals surface area contributed by atoms with Crippen LogP contribution in [0.5, 0.6) is 11.5 Å². The topological polar surface area (TPSA) is 93.0 Å². The lowest BCUT2D eigenvalue weighted by Gasteiger charge is -2.54. The minimum absolute atomic E-state index is 0.149. The number of nitrogens with one attached hydrogen (secondary N) is 1. The summed E-state index contributed by atoms with van der Waals surface area (Å²) in [4.78, 5) is 27.8. The quantitative estimate of drug-likeness (QED) is 0.661. The molecule has 178 valence electrons. The van der Waals surface area contributed by atoms with E-state index in [-0.39, 0.29) is 34.0 Å². The van der Waals surface area contributed by atoms with Crippen LogP contribution in [-0.2, 0) is 23.4 Å². The highest BCUT2D eigenvalue weighted by Gasteiger charge is 2.49. The predicted molar refractivity (Wildman–Crippen MR) is 120 cm³/mol. The van der Waals surface area contributed by atoms with Gasteiger partial charge in [0.05, 0.1) is 18.3 Å². The van der Waals surface area contributed by atoms with Crippen molar-refractivity contribution in [2.24, 2.45) is 5.92 Å². The molecular weight excluding hydrogens is 453 g/mol. The van der Waals surface area contributed by atoms with E-state index in [1.165, 1.54) is 25.4 Å². The number of methoxy groups -OCH3 is 2. The molecule has 1 spiro atoms. The summed E-state index contributed by atoms with van der Waals surface area (Å²) in [6, 6.07) is 2.95. The second kappa shape index (κ2) is 8.96. The van der Waals surface area contributed by atoms with Gasteiger partial charge in [0.2, 0.25) is 5.43 Å². The smallest absolute Gasteiger partial charge is 0.257 e. The van der Waals surface area contributed by atoms with Crippen molar-refractivity contribution >= 4 is 17.5 Å². The van der Waals surface area contributed by atoms with E-state index in [0.717, 1.165) is 19.4 Å². The summed E-state index contributed by atoms with van der Waals surface area (Å²) in [6.07, 6.45) is 3.16. The molecule has 1 aromatic carbocycles. The Morgan fingerprint density at radius 3 is 2.76 bits per heavy atom. The number of halogens is 2. The van der Waals surface area contributed by atoms with E-state index in [2.05, 4.69) is 10.2 Å². The maximum atomic E-state index is 14.5. The first-order valence-corrected chi connectivity index (χ1v) is 11.0. The molecule has 8 nitrogen and oxygen atoms in total. The van der Waals surface area contributed by atoms with Crippen molar-refractivity contribution in [3.05, 3.63) is 56.2 Å². The first kappa shape index (κ1) is 23.5. The number of nitrogens with zero attached hydrogens (tertiary/aromatic N) is 2. The lowest BCUT2D eigenvalue weighted by atomic mass is 9.67. The van der Waals surface area contributed by atoms with Crippen LogP contribution in [-0.4, -0.2) is 54.9 Å². The lowest BCUT2D eigenvalue weighted by molar-refractivity contribution is -0.0271. The Kier molecular flexibility index (Phi) is 6.39. The molecule has 33 heavy (non-hydrogen) atoms. The molecule has 2 aliphatic rings. The summed E-state index contributed by atoms with van der Waals surface area (Å²) >= 11 is 5.94. The Balaban J connectivity index is 1.62. The van der Waals surface area contributed by atoms with Gasteiger partial charge in [0.15, 0.2) is 11.6 Å². The normalized spacial score (nSPS) is 22.0. The summed E-state index contributed by atoms with van der Waals surface area (Å²) in [5.74, 6) is -1.27. The molecular formula is C23H27ClFN3O5. The summed E-state index contributed by atoms with van der Waals surface area (Å²) < 4.78 is 26.6. The number of carbonyl (C=O) groups excluding carboxylic acids is 1. The molecule has 1 saturated carbocycles. The van der Waals surface area contributed by atoms with Crippen LogP contribution in [0.4, 0.5) is 4.39 Å². The SMILES string of the molecule is COC[C@H]1C[C@]2(CN(C)Cc3c(O)c(=O)c(C(=O)NCc4ccc(OC)c(Cl)c4F)cn32)C1. The van der Waals surface area contributed by atoms with Gasteiger partial charge in [0.1, 0.15) is 16.3 Å². The van der Waals surface area contributed by atoms with Crippen molar-refractivity contribution in [1.29, 1.82) is 0 Å². The molecule has 0 saturated heterocycles. The van der Waals surface area contributed by atoms with Gasteiger partial charge in [-0.15, -0.1) is 0 Å². The van der Waals surface area contributed by atoms with Crippen molar-refractivity contribution in [3.8, 4) is 11.5 Å². The molecule has 0 bridgehead atoms. The molecule has 0 atom stereocenters. The van der Waals surface area contributed by atoms with Crippen LogP contribution >= 0.6 is 11.6 Å². The first-order valence-electron chi connectivity index (χ1n) is 10.6. The van der Waals surface area contributed by atoms with E-state index in [4.69, 9.17) is 21.1 Å². The van der Waals surface area contributed by atoms with Crippen LogP contribution in [0.15, 0.2) is 23.1 Å². The highest BCUT2D eigenvalue weighted by Crippen LogP contribution is 2.48. The number of pyridine rings is 1. The van der Waals surface area contributed by atoms with Crippen LogP contribution < -0.4 is 15.5 Å². The molecule has 0 unspecified atom stereocenters. The molecule has 2 heterocycles. The second-order valence-electron chi connectivity index (χ2n) is 8.90. The third-order valence-electron chi connectivity index (χ3n) is 6.55. The third kappa shape index (κ3) is 4.09. The molecule has 0 radical (unpaired) electrons. The van der Waals surface area contributed by atoms with Crippen molar-refractivity contribution in [2.75, 3.05) is 34.4 Å². The summed E-state index contributed by atoms with van der Waals surface area (Å²) in [6.45, 7) is 1.59. The maximum Gasteiger partial charge on any atom is 0.257 e. The molecule has 1 amide bonds. The standard InChI is InChI=1S/C23H27ClFN3O5/c1-27-10-16-21(30)20(29)15(9-28(16)23(12-27)6-13(7-23)11-32-2)22(31)26-8-14-4-5-17(33-3)18(24)19(14)25/h4-5,9,13,30H,6-8,10-12H2,1-3H3,(H,26,31)/t13-,23+. The third-order valence-corrected chi connectivity index (χ3v) is 6.90. The Labute approximate surface area is 195 Å². The van der Waals surface area contributed by atoms with Crippen molar-refractivity contribution in [1.82, 2.24) is 14.8 Å². The van der Waals surface area contributed by atoms with Gasteiger partial charge in [-0.2, -0.15) is 0 Å². The maximum absolute atomic E-state index is 14.5. The average Bonchev–Trinajstić information content (AvgIpc) is 2.76. The zero-order valence-corrected chi connectivity index (χ0v) is 19.5. The number of rotatable bonds is 6. The largest absolute Gasteiger partial charge is 0.503 e. The van der Waals surface area contributed by atoms with E-state index >= 15 is 0 Å². The van der Waals surface area contributed by atoms with Crippen LogP contribution in [0.25, 0.3) is 0 Å². The molecule has 2 aromatic rings. The van der Waals surface area contributed by atoms with Crippen molar-refractivity contribution < 1.29 is 23.8 Å². The van der Waals surface area contributed by atoms with E-state index < -0.39 is 22.9 Å². The molecule has 1 fully saturated rings. The minimum atomic E-state index is -0.745. The van der Waals surface area contributed by atoms with Gasteiger partial charge in [-0.05, 0) is 31.9 Å². The van der Waals surface area contributed by atoms with Crippen LogP contribution in [0.3, 0.4) is 0 Å². The summed E-state index contributed by atoms with van der Waals surface area (Å²) in [5.41, 5.74) is -0.605. The zero-order valence-electron chi connectivity index (χ0n) is 18.8. The molecule has 10 heteroatoms. The van der Waals surface area contributed by atoms with E-state index in [0.29, 0.717) is 24.8 Å². The van der Waals surface area contributed by atoms with Gasteiger partial charge in [-0.3, -0.25) is 14.5 Å². The van der Waals surface area contributed by atoms with E-state index in [1.807, 2.05) is 11.6 Å². The number of carbonyl (C=O) groups is 1. The Morgan fingerprint density at radius 1 is 1.36 bits per heavy atom. The molecule has 1 aliphatic heterocycles. The van der Waals surface area contributed by atoms with Crippen LogP contribution in [0.1, 0.15) is 34.5 Å². The van der Waals surface area contributed by atoms with Crippen molar-refractivity contribution in [3.63, 3.8) is 0 Å². The fourth-order valence-electron chi connectivity index (χ4n) is 5.10. The number of hydrogen-bond donors (Lipinski definition) is 2. The fraction of sp³-hybridized carbons (Fsp3) is 0.478. The zero-order chi connectivity index (χ0) is 23.9. The highest BCUT2D eigenvalue weighted by atomic mass is 35.5. The number of fused-ring (bicyclic) bond motifs is 2. The van der Waals surface area contributed by atoms with Gasteiger partial charge in [-0.1, -0.05) is 17.7 Å². The van der Waals surface area contributed by atoms with Gasteiger partial charge in [0, 0.05) is 45.1 Å². The Morgan fingerprint density at radius 2 is 2.09 bits per heavy atom. The monoisotopic (exact) mass is 479 g/mol. The number of ether oxygens (including phenoxy) is 2. The predicted octanol–water partition coefficient (Wildman–Crippen LogP) is 2.48. The fourth-order valence-corrected chi connectivity index (χ4v) is 5.36. The van der Waals surface area contributed by atoms with Gasteiger partial charge < -0.3 is 24.5 Å². The lowest BCUT2D eigenvalue weighted by Crippen LogP contribution is -2.58. The first-order chi connectivity index (χ1) is 15.7. The summed E-state index contributed by atoms with van der Waals surface area (Å²) in [5, 5.41) is 13.1. The molecule has 2 N–H and O–H groups in total. The molecule has 1 aromatic heterocycles. The number of amides is 1. The van der Waals surface area contributed by atoms with E-state index in [1.54, 1.807) is 7.11 Å². The second-order valence-corrected chi connectivity index (χ2v) is 9.28. The highest BCUT2D eigenvalue weighted by molar-refractivity contribution is 6.32. The number of likely N-dealkylation sites (N-methyl/N-ethyl adjacent to an activating group) is 1. The minimum Gasteiger partial charge on any atom is -0.503 e. The number of aromatic hydroxyl groups is 1. The van der Waals surface area contributed by atoms with E-state index in [9.17, 15) is 19.1 Å². The molecule has 4 rings (SSSR count). The van der Waals surface area contributed by atoms with Gasteiger partial charge in [0.25, 0.3) is 5.91 Å². The van der Waals surface area contributed by atoms with Gasteiger partial charge in [-0.25, -0.2) is 4.39 Å². The Hall–Kier alpha value is -2.62. The van der Waals surface area contributed by atoms with Crippen molar-refractivity contribution in [2.45, 2.75) is 31.5 Å². The van der Waals surface area contributed by atoms with Crippen LogP contribution in [0.2, 0.25) is 5.02 Å². The number of hydrogen-bond acceptors (Lipinski definition) is 6. The van der Waals surface area contributed by atoms with Crippen LogP contribution in [0, 0.1) is 11.7 Å². The Bertz CT molecular complexity index is 1150. The van der Waals surface area contributed by atoms with Gasteiger partial charge >= 0.3 is 0 Å². The average molecular weight is 480 g/mol. The number of aromatic nitrogens is 1. The summed E-state index contributed by atoms with van der Waals surface area (Å²) in [7, 11) is 4.98. The molecule has 1 aliphatic carbocycles.